The van der Waals surface area contributed by atoms with Gasteiger partial charge in [0.15, 0.2) is 11.5 Å². The Hall–Kier alpha value is -4.00. The van der Waals surface area contributed by atoms with Crippen molar-refractivity contribution in [2.75, 3.05) is 12.1 Å². The van der Waals surface area contributed by atoms with Crippen LogP contribution in [-0.2, 0) is 4.79 Å². The molecule has 0 radical (unpaired) electrons. The van der Waals surface area contributed by atoms with E-state index < -0.39 is 0 Å². The second kappa shape index (κ2) is 7.93. The molecule has 1 aliphatic heterocycles. The molecule has 0 unspecified atom stereocenters. The Labute approximate surface area is 167 Å². The van der Waals surface area contributed by atoms with Crippen molar-refractivity contribution in [3.05, 3.63) is 78.0 Å². The van der Waals surface area contributed by atoms with Gasteiger partial charge in [-0.2, -0.15) is 0 Å². The Morgan fingerprint density at radius 3 is 2.55 bits per heavy atom. The molecule has 3 aromatic rings. The number of carbonyl (C=O) groups excluding carboxylic acids is 2. The average molecular weight is 389 g/mol. The molecule has 1 heterocycles. The van der Waals surface area contributed by atoms with Crippen LogP contribution in [0.5, 0.6) is 11.5 Å². The fourth-order valence-corrected chi connectivity index (χ4v) is 2.94. The minimum Gasteiger partial charge on any atom is -0.454 e. The van der Waals surface area contributed by atoms with Crippen molar-refractivity contribution in [2.24, 2.45) is 0 Å². The fraction of sp³-hybridized carbons (Fsp3) is 0.0909. The molecule has 3 aromatic carbocycles. The molecule has 0 spiro atoms. The van der Waals surface area contributed by atoms with Crippen LogP contribution in [0.4, 0.5) is 5.69 Å². The molecule has 0 bridgehead atoms. The summed E-state index contributed by atoms with van der Waals surface area (Å²) < 4.78 is 10.5. The van der Waals surface area contributed by atoms with Crippen molar-refractivity contribution in [3.8, 4) is 11.5 Å². The predicted molar refractivity (Wildman–Crippen MR) is 110 cm³/mol. The van der Waals surface area contributed by atoms with Gasteiger partial charge in [0, 0.05) is 29.1 Å². The normalized spacial score (nSPS) is 12.5. The summed E-state index contributed by atoms with van der Waals surface area (Å²) in [6.45, 7) is 1.85. The second-order valence-corrected chi connectivity index (χ2v) is 6.53. The van der Waals surface area contributed by atoms with Crippen molar-refractivity contribution in [1.82, 2.24) is 10.9 Å². The van der Waals surface area contributed by atoms with Gasteiger partial charge in [-0.1, -0.05) is 30.3 Å². The van der Waals surface area contributed by atoms with Crippen LogP contribution in [0.3, 0.4) is 0 Å². The van der Waals surface area contributed by atoms with E-state index in [1.807, 2.05) is 36.4 Å². The number of anilines is 1. The van der Waals surface area contributed by atoms with Gasteiger partial charge < -0.3 is 20.2 Å². The molecule has 0 aromatic heterocycles. The van der Waals surface area contributed by atoms with Crippen molar-refractivity contribution in [1.29, 1.82) is 0 Å². The van der Waals surface area contributed by atoms with Gasteiger partial charge in [0.25, 0.3) is 5.91 Å². The maximum absolute atomic E-state index is 12.4. The van der Waals surface area contributed by atoms with Gasteiger partial charge in [-0.25, -0.2) is 0 Å². The van der Waals surface area contributed by atoms with E-state index in [2.05, 4.69) is 16.2 Å². The third-order valence-electron chi connectivity index (χ3n) is 4.37. The van der Waals surface area contributed by atoms with Crippen molar-refractivity contribution in [3.63, 3.8) is 0 Å². The number of hydrogen-bond donors (Lipinski definition) is 3. The summed E-state index contributed by atoms with van der Waals surface area (Å²) in [6.07, 6.45) is 1.35. The molecule has 2 amide bonds. The molecular weight excluding hydrogens is 370 g/mol. The average Bonchev–Trinajstić information content (AvgIpc) is 3.19. The van der Waals surface area contributed by atoms with Crippen LogP contribution in [0.15, 0.2) is 72.4 Å². The molecule has 0 fully saturated rings. The summed E-state index contributed by atoms with van der Waals surface area (Å²) in [6, 6.07) is 18.4. The van der Waals surface area contributed by atoms with E-state index in [-0.39, 0.29) is 18.6 Å². The van der Waals surface area contributed by atoms with E-state index >= 15 is 0 Å². The van der Waals surface area contributed by atoms with Crippen LogP contribution in [-0.4, -0.2) is 18.6 Å². The highest BCUT2D eigenvalue weighted by molar-refractivity contribution is 6.00. The summed E-state index contributed by atoms with van der Waals surface area (Å²) in [7, 11) is 0. The highest BCUT2D eigenvalue weighted by Crippen LogP contribution is 2.34. The van der Waals surface area contributed by atoms with Crippen LogP contribution >= 0.6 is 0 Å². The van der Waals surface area contributed by atoms with Gasteiger partial charge in [0.1, 0.15) is 0 Å². The van der Waals surface area contributed by atoms with Crippen LogP contribution in [0.2, 0.25) is 0 Å². The number of benzene rings is 3. The fourth-order valence-electron chi connectivity index (χ4n) is 2.94. The smallest absolute Gasteiger partial charge is 0.269 e. The lowest BCUT2D eigenvalue weighted by atomic mass is 10.1. The Kier molecular flexibility index (Phi) is 5.03. The second-order valence-electron chi connectivity index (χ2n) is 6.53. The van der Waals surface area contributed by atoms with Gasteiger partial charge in [0.2, 0.25) is 12.7 Å². The number of hydrazine groups is 1. The minimum atomic E-state index is -0.339. The highest BCUT2D eigenvalue weighted by Gasteiger charge is 2.14. The zero-order chi connectivity index (χ0) is 20.2. The maximum Gasteiger partial charge on any atom is 0.269 e. The summed E-state index contributed by atoms with van der Waals surface area (Å²) >= 11 is 0. The first-order chi connectivity index (χ1) is 14.1. The Morgan fingerprint density at radius 2 is 1.69 bits per heavy atom. The maximum atomic E-state index is 12.4. The molecule has 29 heavy (non-hydrogen) atoms. The number of amides is 2. The number of carbonyl (C=O) groups is 2. The van der Waals surface area contributed by atoms with Crippen molar-refractivity contribution in [2.45, 2.75) is 6.92 Å². The van der Waals surface area contributed by atoms with E-state index in [9.17, 15) is 9.59 Å². The molecule has 0 atom stereocenters. The van der Waals surface area contributed by atoms with Crippen LogP contribution in [0.25, 0.3) is 10.8 Å². The minimum absolute atomic E-state index is 0.173. The zero-order valence-corrected chi connectivity index (χ0v) is 15.7. The van der Waals surface area contributed by atoms with Gasteiger partial charge >= 0.3 is 0 Å². The quantitative estimate of drug-likeness (QED) is 0.460. The molecule has 0 saturated heterocycles. The molecule has 4 rings (SSSR count). The number of ether oxygens (including phenoxy) is 2. The SMILES string of the molecule is C/C(=C/C(=O)Nc1ccc2c(c1)OCO2)NNC(=O)c1ccc2ccccc2c1. The lowest BCUT2D eigenvalue weighted by Gasteiger charge is -2.10. The van der Waals surface area contributed by atoms with Gasteiger partial charge in [0.05, 0.1) is 0 Å². The van der Waals surface area contributed by atoms with E-state index in [0.29, 0.717) is 28.4 Å². The number of rotatable bonds is 5. The number of hydrogen-bond acceptors (Lipinski definition) is 5. The topological polar surface area (TPSA) is 88.7 Å². The molecule has 7 nitrogen and oxygen atoms in total. The lowest BCUT2D eigenvalue weighted by Crippen LogP contribution is -2.36. The largest absolute Gasteiger partial charge is 0.454 e. The number of nitrogens with one attached hydrogen (secondary N) is 3. The van der Waals surface area contributed by atoms with Crippen molar-refractivity contribution < 1.29 is 19.1 Å². The number of fused-ring (bicyclic) bond motifs is 2. The first kappa shape index (κ1) is 18.4. The molecule has 146 valence electrons. The third-order valence-corrected chi connectivity index (χ3v) is 4.37. The van der Waals surface area contributed by atoms with Gasteiger partial charge in [-0.15, -0.1) is 0 Å². The monoisotopic (exact) mass is 389 g/mol. The first-order valence-electron chi connectivity index (χ1n) is 9.02. The standard InChI is InChI=1S/C22H19N3O4/c1-14(10-21(26)23-18-8-9-19-20(12-18)29-13-28-19)24-25-22(27)17-7-6-15-4-2-3-5-16(15)11-17/h2-12,24H,13H2,1H3,(H,23,26)(H,25,27)/b14-10-. The molecule has 3 N–H and O–H groups in total. The summed E-state index contributed by atoms with van der Waals surface area (Å²) in [4.78, 5) is 24.5. The Morgan fingerprint density at radius 1 is 0.897 bits per heavy atom. The van der Waals surface area contributed by atoms with Crippen molar-refractivity contribution >= 4 is 28.3 Å². The van der Waals surface area contributed by atoms with E-state index in [1.54, 1.807) is 31.2 Å². The molecule has 7 heteroatoms. The Balaban J connectivity index is 1.34. The molecule has 0 saturated carbocycles. The van der Waals surface area contributed by atoms with Gasteiger partial charge in [-0.05, 0) is 42.0 Å². The molecular formula is C22H19N3O4. The van der Waals surface area contributed by atoms with E-state index in [1.165, 1.54) is 6.08 Å². The van der Waals surface area contributed by atoms with E-state index in [0.717, 1.165) is 10.8 Å². The zero-order valence-electron chi connectivity index (χ0n) is 15.7. The lowest BCUT2D eigenvalue weighted by molar-refractivity contribution is -0.112. The molecule has 1 aliphatic rings. The van der Waals surface area contributed by atoms with Crippen LogP contribution < -0.4 is 25.6 Å². The summed E-state index contributed by atoms with van der Waals surface area (Å²) in [5.74, 6) is 0.602. The Bertz CT molecular complexity index is 1120. The van der Waals surface area contributed by atoms with Crippen LogP contribution in [0.1, 0.15) is 17.3 Å². The summed E-state index contributed by atoms with van der Waals surface area (Å²) in [5, 5.41) is 4.78. The van der Waals surface area contributed by atoms with Crippen LogP contribution in [0, 0.1) is 0 Å². The number of allylic oxidation sites excluding steroid dienone is 1. The first-order valence-corrected chi connectivity index (χ1v) is 9.02. The highest BCUT2D eigenvalue weighted by atomic mass is 16.7. The third kappa shape index (κ3) is 4.30. The van der Waals surface area contributed by atoms with E-state index in [4.69, 9.17) is 9.47 Å². The van der Waals surface area contributed by atoms with Gasteiger partial charge in [-0.3, -0.25) is 15.0 Å². The molecule has 0 aliphatic carbocycles. The summed E-state index contributed by atoms with van der Waals surface area (Å²) in [5.41, 5.74) is 6.93. The predicted octanol–water partition coefficient (Wildman–Crippen LogP) is 3.35.